The molecule has 0 aliphatic heterocycles. The fourth-order valence-electron chi connectivity index (χ4n) is 1.85. The number of benzene rings is 1. The van der Waals surface area contributed by atoms with E-state index in [1.165, 1.54) is 6.20 Å². The number of nitrogens with one attached hydrogen (secondary N) is 3. The van der Waals surface area contributed by atoms with Crippen molar-refractivity contribution in [1.82, 2.24) is 20.2 Å². The van der Waals surface area contributed by atoms with Crippen LogP contribution in [0, 0.1) is 11.3 Å². The third-order valence-corrected chi connectivity index (χ3v) is 3.81. The lowest BCUT2D eigenvalue weighted by Gasteiger charge is -2.04. The van der Waals surface area contributed by atoms with Crippen LogP contribution in [0.15, 0.2) is 40.4 Å². The summed E-state index contributed by atoms with van der Waals surface area (Å²) in [5.74, 6) is -0.158. The molecule has 0 spiro atoms. The summed E-state index contributed by atoms with van der Waals surface area (Å²) < 4.78 is 0. The Balaban J connectivity index is 1.63. The van der Waals surface area contributed by atoms with Gasteiger partial charge in [-0.1, -0.05) is 11.8 Å². The van der Waals surface area contributed by atoms with Crippen molar-refractivity contribution in [2.24, 2.45) is 0 Å². The van der Waals surface area contributed by atoms with Gasteiger partial charge in [0.15, 0.2) is 10.8 Å². The second-order valence-electron chi connectivity index (χ2n) is 4.53. The second-order valence-corrected chi connectivity index (χ2v) is 5.49. The van der Waals surface area contributed by atoms with Crippen LogP contribution in [0.4, 0.5) is 5.69 Å². The molecule has 1 amide bonds. The molecule has 0 bridgehead atoms. The van der Waals surface area contributed by atoms with Crippen LogP contribution in [-0.4, -0.2) is 31.8 Å². The Morgan fingerprint density at radius 1 is 1.35 bits per heavy atom. The first kappa shape index (κ1) is 14.8. The van der Waals surface area contributed by atoms with Gasteiger partial charge >= 0.3 is 0 Å². The predicted octanol–water partition coefficient (Wildman–Crippen LogP) is 1.25. The number of nitriles is 1. The van der Waals surface area contributed by atoms with Crippen LogP contribution in [-0.2, 0) is 4.79 Å². The number of fused-ring (bicyclic) bond motifs is 1. The smallest absolute Gasteiger partial charge is 0.262 e. The molecule has 0 atom stereocenters. The van der Waals surface area contributed by atoms with Crippen LogP contribution >= 0.6 is 11.8 Å². The van der Waals surface area contributed by atoms with Gasteiger partial charge in [-0.15, -0.1) is 0 Å². The zero-order chi connectivity index (χ0) is 16.2. The highest BCUT2D eigenvalue weighted by molar-refractivity contribution is 7.99. The van der Waals surface area contributed by atoms with Crippen molar-refractivity contribution in [3.63, 3.8) is 0 Å². The van der Waals surface area contributed by atoms with Gasteiger partial charge in [-0.3, -0.25) is 14.7 Å². The Labute approximate surface area is 133 Å². The van der Waals surface area contributed by atoms with Crippen molar-refractivity contribution in [3.05, 3.63) is 46.4 Å². The Morgan fingerprint density at radius 3 is 2.87 bits per heavy atom. The quantitative estimate of drug-likeness (QED) is 0.489. The lowest BCUT2D eigenvalue weighted by molar-refractivity contribution is -0.113. The molecule has 0 saturated carbocycles. The van der Waals surface area contributed by atoms with Gasteiger partial charge in [0, 0.05) is 5.69 Å². The van der Waals surface area contributed by atoms with Crippen LogP contribution in [0.3, 0.4) is 0 Å². The van der Waals surface area contributed by atoms with Gasteiger partial charge in [-0.25, -0.2) is 4.98 Å². The molecule has 0 radical (unpaired) electrons. The summed E-state index contributed by atoms with van der Waals surface area (Å²) in [7, 11) is 0. The first-order valence-electron chi connectivity index (χ1n) is 6.52. The number of hydrogen-bond acceptors (Lipinski definition) is 6. The number of rotatable bonds is 4. The average Bonchev–Trinajstić information content (AvgIpc) is 3.03. The van der Waals surface area contributed by atoms with Crippen molar-refractivity contribution in [1.29, 1.82) is 5.26 Å². The number of aromatic amines is 2. The van der Waals surface area contributed by atoms with E-state index in [1.807, 2.05) is 6.07 Å². The minimum absolute atomic E-state index is 0.0859. The molecule has 9 heteroatoms. The molecule has 0 aliphatic rings. The molecular weight excluding hydrogens is 316 g/mol. The van der Waals surface area contributed by atoms with Gasteiger partial charge in [0.2, 0.25) is 5.91 Å². The molecule has 2 aromatic heterocycles. The molecule has 1 aromatic carbocycles. The number of nitrogens with zero attached hydrogens (tertiary/aromatic N) is 3. The molecular formula is C14H10N6O2S. The summed E-state index contributed by atoms with van der Waals surface area (Å²) in [4.78, 5) is 30.4. The molecule has 3 aromatic rings. The molecule has 0 unspecified atom stereocenters. The van der Waals surface area contributed by atoms with E-state index in [1.54, 1.807) is 24.3 Å². The third-order valence-electron chi connectivity index (χ3n) is 2.94. The normalized spacial score (nSPS) is 10.4. The maximum Gasteiger partial charge on any atom is 0.262 e. The predicted molar refractivity (Wildman–Crippen MR) is 85.0 cm³/mol. The van der Waals surface area contributed by atoms with E-state index in [2.05, 4.69) is 25.5 Å². The van der Waals surface area contributed by atoms with Gasteiger partial charge in [-0.2, -0.15) is 10.4 Å². The number of thioether (sulfide) groups is 1. The molecule has 0 fully saturated rings. The highest BCUT2D eigenvalue weighted by atomic mass is 32.2. The number of carbonyl (C=O) groups excluding carboxylic acids is 1. The van der Waals surface area contributed by atoms with Crippen molar-refractivity contribution < 1.29 is 4.79 Å². The average molecular weight is 326 g/mol. The molecule has 23 heavy (non-hydrogen) atoms. The highest BCUT2D eigenvalue weighted by Crippen LogP contribution is 2.14. The monoisotopic (exact) mass is 326 g/mol. The molecule has 114 valence electrons. The van der Waals surface area contributed by atoms with E-state index >= 15 is 0 Å². The van der Waals surface area contributed by atoms with Crippen LogP contribution < -0.4 is 10.9 Å². The number of anilines is 1. The summed E-state index contributed by atoms with van der Waals surface area (Å²) in [5, 5.41) is 18.5. The van der Waals surface area contributed by atoms with Gasteiger partial charge < -0.3 is 10.3 Å². The van der Waals surface area contributed by atoms with E-state index in [4.69, 9.17) is 5.26 Å². The number of aromatic nitrogens is 4. The van der Waals surface area contributed by atoms with Crippen molar-refractivity contribution in [2.75, 3.05) is 11.1 Å². The van der Waals surface area contributed by atoms with E-state index in [-0.39, 0.29) is 17.2 Å². The lowest BCUT2D eigenvalue weighted by atomic mass is 10.2. The van der Waals surface area contributed by atoms with Crippen LogP contribution in [0.5, 0.6) is 0 Å². The van der Waals surface area contributed by atoms with Crippen LogP contribution in [0.2, 0.25) is 0 Å². The second kappa shape index (κ2) is 6.33. The molecule has 3 rings (SSSR count). The molecule has 8 nitrogen and oxygen atoms in total. The SMILES string of the molecule is N#Cc1ccc(NC(=O)CSc2nc3[nH]ncc3c(=O)[nH]2)cc1. The fourth-order valence-corrected chi connectivity index (χ4v) is 2.51. The standard InChI is InChI=1S/C14H10N6O2S/c15-5-8-1-3-9(4-2-8)17-11(21)7-23-14-18-12-10(6-16-20-12)13(22)19-14/h1-4,6H,7H2,(H,17,21)(H2,16,18,19,20,22). The van der Waals surface area contributed by atoms with E-state index < -0.39 is 0 Å². The summed E-state index contributed by atoms with van der Waals surface area (Å²) >= 11 is 1.11. The Bertz CT molecular complexity index is 954. The van der Waals surface area contributed by atoms with Gasteiger partial charge in [0.25, 0.3) is 5.56 Å². The topological polar surface area (TPSA) is 127 Å². The minimum atomic E-state index is -0.307. The van der Waals surface area contributed by atoms with Crippen molar-refractivity contribution >= 4 is 34.4 Å². The first-order valence-corrected chi connectivity index (χ1v) is 7.50. The molecule has 0 saturated heterocycles. The molecule has 0 aliphatic carbocycles. The lowest BCUT2D eigenvalue weighted by Crippen LogP contribution is -2.15. The number of amides is 1. The number of carbonyl (C=O) groups is 1. The summed E-state index contributed by atoms with van der Waals surface area (Å²) in [5.41, 5.74) is 1.19. The molecule has 2 heterocycles. The third kappa shape index (κ3) is 3.38. The largest absolute Gasteiger partial charge is 0.325 e. The Kier molecular flexibility index (Phi) is 4.07. The highest BCUT2D eigenvalue weighted by Gasteiger charge is 2.09. The Hall–Kier alpha value is -3.12. The zero-order valence-electron chi connectivity index (χ0n) is 11.7. The van der Waals surface area contributed by atoms with Gasteiger partial charge in [-0.05, 0) is 24.3 Å². The Morgan fingerprint density at radius 2 is 2.13 bits per heavy atom. The van der Waals surface area contributed by atoms with E-state index in [0.717, 1.165) is 11.8 Å². The maximum absolute atomic E-state index is 11.9. The molecule has 3 N–H and O–H groups in total. The zero-order valence-corrected chi connectivity index (χ0v) is 12.5. The summed E-state index contributed by atoms with van der Waals surface area (Å²) in [6.45, 7) is 0. The van der Waals surface area contributed by atoms with Crippen LogP contribution in [0.1, 0.15) is 5.56 Å². The number of hydrogen-bond donors (Lipinski definition) is 3. The van der Waals surface area contributed by atoms with Gasteiger partial charge in [0.1, 0.15) is 5.39 Å². The summed E-state index contributed by atoms with van der Waals surface area (Å²) in [6, 6.07) is 8.54. The van der Waals surface area contributed by atoms with Crippen molar-refractivity contribution in [2.45, 2.75) is 5.16 Å². The number of H-pyrrole nitrogens is 2. The van der Waals surface area contributed by atoms with Crippen LogP contribution in [0.25, 0.3) is 11.0 Å². The van der Waals surface area contributed by atoms with E-state index in [9.17, 15) is 9.59 Å². The first-order chi connectivity index (χ1) is 11.2. The fraction of sp³-hybridized carbons (Fsp3) is 0.0714. The summed E-state index contributed by atoms with van der Waals surface area (Å²) in [6.07, 6.45) is 1.40. The van der Waals surface area contributed by atoms with Gasteiger partial charge in [0.05, 0.1) is 23.6 Å². The van der Waals surface area contributed by atoms with E-state index in [0.29, 0.717) is 27.4 Å². The van der Waals surface area contributed by atoms with Crippen molar-refractivity contribution in [3.8, 4) is 6.07 Å². The maximum atomic E-state index is 11.9. The minimum Gasteiger partial charge on any atom is -0.325 e.